The molecule has 0 spiro atoms. The van der Waals surface area contributed by atoms with E-state index >= 15 is 0 Å². The molecule has 2 aromatic rings. The molecule has 0 fully saturated rings. The highest BCUT2D eigenvalue weighted by Gasteiger charge is 2.14. The number of benzene rings is 2. The Labute approximate surface area is 155 Å². The van der Waals surface area contributed by atoms with Crippen molar-refractivity contribution in [3.63, 3.8) is 0 Å². The Morgan fingerprint density at radius 3 is 2.68 bits per heavy atom. The van der Waals surface area contributed by atoms with Gasteiger partial charge in [0.1, 0.15) is 5.82 Å². The van der Waals surface area contributed by atoms with Crippen LogP contribution < -0.4 is 14.8 Å². The van der Waals surface area contributed by atoms with Crippen LogP contribution in [0.3, 0.4) is 0 Å². The van der Waals surface area contributed by atoms with Gasteiger partial charge in [-0.2, -0.15) is 11.8 Å². The number of carbonyl (C=O) groups is 1. The van der Waals surface area contributed by atoms with Gasteiger partial charge in [0, 0.05) is 23.6 Å². The van der Waals surface area contributed by atoms with Crippen molar-refractivity contribution >= 4 is 29.3 Å². The molecule has 2 rings (SSSR count). The normalized spacial score (nSPS) is 10.4. The number of ether oxygens (including phenoxy) is 2. The molecule has 1 amide bonds. The zero-order valence-corrected chi connectivity index (χ0v) is 15.5. The molecule has 0 aliphatic carbocycles. The number of rotatable bonds is 8. The number of carbonyl (C=O) groups excluding carboxylic acids is 1. The number of nitrogens with one attached hydrogen (secondary N) is 1. The van der Waals surface area contributed by atoms with E-state index in [1.165, 1.54) is 26.4 Å². The molecular weight excluding hydrogens is 365 g/mol. The van der Waals surface area contributed by atoms with Crippen molar-refractivity contribution in [2.24, 2.45) is 0 Å². The van der Waals surface area contributed by atoms with Crippen LogP contribution in [0.2, 0.25) is 5.02 Å². The van der Waals surface area contributed by atoms with Crippen LogP contribution >= 0.6 is 23.4 Å². The first-order valence-corrected chi connectivity index (χ1v) is 9.11. The van der Waals surface area contributed by atoms with E-state index in [0.717, 1.165) is 0 Å². The molecule has 0 heterocycles. The van der Waals surface area contributed by atoms with Gasteiger partial charge in [-0.15, -0.1) is 0 Å². The molecular formula is C18H19ClFNO3S. The third-order valence-corrected chi connectivity index (χ3v) is 4.73. The Bertz CT molecular complexity index is 742. The second-order valence-corrected chi connectivity index (χ2v) is 6.61. The van der Waals surface area contributed by atoms with Gasteiger partial charge in [0.2, 0.25) is 0 Å². The second-order valence-electron chi connectivity index (χ2n) is 5.09. The molecule has 1 N–H and O–H groups in total. The summed E-state index contributed by atoms with van der Waals surface area (Å²) in [4.78, 5) is 12.2. The van der Waals surface area contributed by atoms with Crippen molar-refractivity contribution in [1.82, 2.24) is 5.32 Å². The van der Waals surface area contributed by atoms with Gasteiger partial charge in [0.15, 0.2) is 11.5 Å². The summed E-state index contributed by atoms with van der Waals surface area (Å²) in [5.74, 6) is 1.55. The molecule has 0 saturated carbocycles. The molecule has 0 aliphatic rings. The largest absolute Gasteiger partial charge is 0.493 e. The number of thioether (sulfide) groups is 1. The number of hydrogen-bond donors (Lipinski definition) is 1. The lowest BCUT2D eigenvalue weighted by Gasteiger charge is -2.12. The van der Waals surface area contributed by atoms with Crippen LogP contribution in [0, 0.1) is 5.82 Å². The average molecular weight is 384 g/mol. The van der Waals surface area contributed by atoms with Gasteiger partial charge >= 0.3 is 0 Å². The van der Waals surface area contributed by atoms with E-state index in [1.807, 2.05) is 6.07 Å². The van der Waals surface area contributed by atoms with E-state index in [9.17, 15) is 9.18 Å². The molecule has 25 heavy (non-hydrogen) atoms. The summed E-state index contributed by atoms with van der Waals surface area (Å²) in [6.07, 6.45) is 0. The van der Waals surface area contributed by atoms with E-state index < -0.39 is 0 Å². The fourth-order valence-electron chi connectivity index (χ4n) is 2.19. The van der Waals surface area contributed by atoms with E-state index in [1.54, 1.807) is 30.0 Å². The maximum absolute atomic E-state index is 13.5. The molecule has 0 atom stereocenters. The average Bonchev–Trinajstić information content (AvgIpc) is 2.61. The Hall–Kier alpha value is -1.92. The molecule has 2 aromatic carbocycles. The smallest absolute Gasteiger partial charge is 0.251 e. The van der Waals surface area contributed by atoms with Crippen molar-refractivity contribution in [3.05, 3.63) is 58.4 Å². The van der Waals surface area contributed by atoms with Gasteiger partial charge in [0.25, 0.3) is 5.91 Å². The predicted octanol–water partition coefficient (Wildman–Crippen LogP) is 4.16. The van der Waals surface area contributed by atoms with Crippen molar-refractivity contribution in [2.75, 3.05) is 26.5 Å². The third-order valence-electron chi connectivity index (χ3n) is 3.44. The van der Waals surface area contributed by atoms with Crippen LogP contribution in [0.25, 0.3) is 0 Å². The van der Waals surface area contributed by atoms with Gasteiger partial charge in [0.05, 0.1) is 19.2 Å². The van der Waals surface area contributed by atoms with Crippen molar-refractivity contribution < 1.29 is 18.7 Å². The standard InChI is InChI=1S/C18H19ClFNO3S/c1-23-16-10-13(9-14(19)17(16)24-2)18(22)21-7-8-25-11-12-5-3-4-6-15(12)20/h3-6,9-10H,7-8,11H2,1-2H3,(H,21,22). The zero-order chi connectivity index (χ0) is 18.2. The lowest BCUT2D eigenvalue weighted by Crippen LogP contribution is -2.25. The van der Waals surface area contributed by atoms with E-state index in [2.05, 4.69) is 5.32 Å². The van der Waals surface area contributed by atoms with E-state index in [4.69, 9.17) is 21.1 Å². The maximum atomic E-state index is 13.5. The molecule has 134 valence electrons. The Morgan fingerprint density at radius 2 is 2.00 bits per heavy atom. The first-order chi connectivity index (χ1) is 12.1. The van der Waals surface area contributed by atoms with Crippen LogP contribution in [0.1, 0.15) is 15.9 Å². The van der Waals surface area contributed by atoms with Crippen molar-refractivity contribution in [3.8, 4) is 11.5 Å². The SMILES string of the molecule is COc1cc(C(=O)NCCSCc2ccccc2F)cc(Cl)c1OC. The van der Waals surface area contributed by atoms with Crippen molar-refractivity contribution in [2.45, 2.75) is 5.75 Å². The summed E-state index contributed by atoms with van der Waals surface area (Å²) >= 11 is 7.65. The molecule has 0 radical (unpaired) electrons. The minimum atomic E-state index is -0.255. The zero-order valence-electron chi connectivity index (χ0n) is 14.0. The van der Waals surface area contributed by atoms with Gasteiger partial charge in [-0.25, -0.2) is 4.39 Å². The summed E-state index contributed by atoms with van der Waals surface area (Å²) in [7, 11) is 2.96. The van der Waals surface area contributed by atoms with Crippen LogP contribution in [0.5, 0.6) is 11.5 Å². The van der Waals surface area contributed by atoms with E-state index in [0.29, 0.717) is 45.7 Å². The third kappa shape index (κ3) is 5.28. The van der Waals surface area contributed by atoms with Crippen LogP contribution in [0.15, 0.2) is 36.4 Å². The highest BCUT2D eigenvalue weighted by atomic mass is 35.5. The maximum Gasteiger partial charge on any atom is 0.251 e. The molecule has 7 heteroatoms. The van der Waals surface area contributed by atoms with Gasteiger partial charge in [-0.05, 0) is 23.8 Å². The second kappa shape index (κ2) is 9.53. The molecule has 0 bridgehead atoms. The number of halogens is 2. The minimum Gasteiger partial charge on any atom is -0.493 e. The first-order valence-electron chi connectivity index (χ1n) is 7.57. The van der Waals surface area contributed by atoms with Crippen LogP contribution in [-0.4, -0.2) is 32.4 Å². The first kappa shape index (κ1) is 19.4. The summed E-state index contributed by atoms with van der Waals surface area (Å²) in [5.41, 5.74) is 1.05. The predicted molar refractivity (Wildman–Crippen MR) is 99.5 cm³/mol. The number of methoxy groups -OCH3 is 2. The van der Waals surface area contributed by atoms with Crippen LogP contribution in [0.4, 0.5) is 4.39 Å². The lowest BCUT2D eigenvalue weighted by atomic mass is 10.2. The summed E-state index contributed by atoms with van der Waals surface area (Å²) in [6.45, 7) is 0.462. The molecule has 0 aromatic heterocycles. The minimum absolute atomic E-state index is 0.209. The van der Waals surface area contributed by atoms with Gasteiger partial charge in [-0.3, -0.25) is 4.79 Å². The van der Waals surface area contributed by atoms with Crippen molar-refractivity contribution in [1.29, 1.82) is 0 Å². The number of hydrogen-bond acceptors (Lipinski definition) is 4. The summed E-state index contributed by atoms with van der Waals surface area (Å²) in [6, 6.07) is 9.78. The topological polar surface area (TPSA) is 47.6 Å². The Morgan fingerprint density at radius 1 is 1.24 bits per heavy atom. The van der Waals surface area contributed by atoms with E-state index in [-0.39, 0.29) is 11.7 Å². The Kier molecular flexibility index (Phi) is 7.40. The molecule has 4 nitrogen and oxygen atoms in total. The number of amides is 1. The highest BCUT2D eigenvalue weighted by Crippen LogP contribution is 2.35. The molecule has 0 aliphatic heterocycles. The monoisotopic (exact) mass is 383 g/mol. The van der Waals surface area contributed by atoms with Crippen LogP contribution in [-0.2, 0) is 5.75 Å². The Balaban J connectivity index is 1.84. The summed E-state index contributed by atoms with van der Waals surface area (Å²) < 4.78 is 23.8. The molecule has 0 saturated heterocycles. The lowest BCUT2D eigenvalue weighted by molar-refractivity contribution is 0.0955. The fraction of sp³-hybridized carbons (Fsp3) is 0.278. The quantitative estimate of drug-likeness (QED) is 0.695. The van der Waals surface area contributed by atoms with Gasteiger partial charge < -0.3 is 14.8 Å². The summed E-state index contributed by atoms with van der Waals surface area (Å²) in [5, 5.41) is 3.11. The van der Waals surface area contributed by atoms with Gasteiger partial charge in [-0.1, -0.05) is 29.8 Å². The fourth-order valence-corrected chi connectivity index (χ4v) is 3.32. The highest BCUT2D eigenvalue weighted by molar-refractivity contribution is 7.98. The molecule has 0 unspecified atom stereocenters.